The van der Waals surface area contributed by atoms with Crippen molar-refractivity contribution in [1.29, 1.82) is 0 Å². The van der Waals surface area contributed by atoms with E-state index in [0.29, 0.717) is 11.5 Å². The fourth-order valence-corrected chi connectivity index (χ4v) is 3.74. The lowest BCUT2D eigenvalue weighted by molar-refractivity contribution is -0.157. The first-order valence-electron chi connectivity index (χ1n) is 11.4. The number of anilines is 2. The van der Waals surface area contributed by atoms with Gasteiger partial charge in [-0.2, -0.15) is 0 Å². The summed E-state index contributed by atoms with van der Waals surface area (Å²) < 4.78 is 22.5. The summed E-state index contributed by atoms with van der Waals surface area (Å²) in [5, 5.41) is 0. The molecule has 0 saturated carbocycles. The van der Waals surface area contributed by atoms with Gasteiger partial charge in [-0.05, 0) is 17.7 Å². The Kier molecular flexibility index (Phi) is 7.89. The third-order valence-corrected chi connectivity index (χ3v) is 5.60. The number of nitrogen functional groups attached to an aromatic ring is 1. The molecule has 1 amide bonds. The van der Waals surface area contributed by atoms with Crippen LogP contribution in [0.15, 0.2) is 64.2 Å². The number of para-hydroxylation sites is 2. The summed E-state index contributed by atoms with van der Waals surface area (Å²) in [5.41, 5.74) is 5.15. The van der Waals surface area contributed by atoms with Crippen LogP contribution in [-0.4, -0.2) is 61.0 Å². The monoisotopic (exact) mass is 510 g/mol. The van der Waals surface area contributed by atoms with E-state index >= 15 is 0 Å². The first-order valence-corrected chi connectivity index (χ1v) is 11.4. The maximum atomic E-state index is 13.1. The van der Waals surface area contributed by atoms with Crippen LogP contribution in [-0.2, 0) is 25.6 Å². The van der Waals surface area contributed by atoms with Crippen LogP contribution < -0.4 is 31.4 Å². The molecule has 0 aliphatic carbocycles. The number of ether oxygens (including phenoxy) is 4. The Hall–Kier alpha value is -4.58. The third kappa shape index (κ3) is 5.81. The van der Waals surface area contributed by atoms with Crippen LogP contribution >= 0.6 is 0 Å². The summed E-state index contributed by atoms with van der Waals surface area (Å²) in [6.45, 7) is -0.765. The fraction of sp³-hybridized carbons (Fsp3) is 0.280. The fourth-order valence-electron chi connectivity index (χ4n) is 3.74. The van der Waals surface area contributed by atoms with Gasteiger partial charge in [-0.1, -0.05) is 42.5 Å². The van der Waals surface area contributed by atoms with Crippen molar-refractivity contribution < 1.29 is 28.5 Å². The van der Waals surface area contributed by atoms with Crippen LogP contribution in [0.4, 0.5) is 11.5 Å². The molecule has 12 heteroatoms. The number of H-pyrrole nitrogens is 1. The second-order valence-corrected chi connectivity index (χ2v) is 8.07. The molecule has 2 aromatic carbocycles. The smallest absolute Gasteiger partial charge is 0.351 e. The quantitative estimate of drug-likeness (QED) is 0.392. The highest BCUT2D eigenvalue weighted by Crippen LogP contribution is 2.31. The predicted octanol–water partition coefficient (Wildman–Crippen LogP) is 0.530. The number of hydrogen-bond donors (Lipinski definition) is 2. The molecule has 3 aromatic rings. The van der Waals surface area contributed by atoms with E-state index in [1.807, 2.05) is 6.07 Å². The Morgan fingerprint density at radius 3 is 2.54 bits per heavy atom. The van der Waals surface area contributed by atoms with E-state index in [1.54, 1.807) is 48.5 Å². The normalized spacial score (nSPS) is 14.1. The number of amides is 1. The highest BCUT2D eigenvalue weighted by molar-refractivity contribution is 5.97. The number of nitrogens with two attached hydrogens (primary N) is 1. The summed E-state index contributed by atoms with van der Waals surface area (Å²) in [7, 11) is 1.42. The number of esters is 1. The van der Waals surface area contributed by atoms with Crippen LogP contribution in [0, 0.1) is 0 Å². The number of benzene rings is 2. The van der Waals surface area contributed by atoms with Crippen LogP contribution in [0.2, 0.25) is 0 Å². The van der Waals surface area contributed by atoms with Gasteiger partial charge in [-0.15, -0.1) is 0 Å². The lowest BCUT2D eigenvalue weighted by Crippen LogP contribution is -2.45. The van der Waals surface area contributed by atoms with Gasteiger partial charge >= 0.3 is 11.7 Å². The average molecular weight is 511 g/mol. The zero-order valence-electron chi connectivity index (χ0n) is 20.0. The van der Waals surface area contributed by atoms with Gasteiger partial charge in [-0.3, -0.25) is 24.0 Å². The molecule has 194 valence electrons. The van der Waals surface area contributed by atoms with Crippen LogP contribution in [0.3, 0.4) is 0 Å². The van der Waals surface area contributed by atoms with Gasteiger partial charge in [0.2, 0.25) is 6.10 Å². The molecule has 2 heterocycles. The molecule has 1 aliphatic heterocycles. The molecule has 1 atom stereocenters. The standard InChI is InChI=1S/C25H26N4O8/c1-34-12-11-28(20(30)15-36-24(32)19-14-35-17-9-5-6-10-18(17)37-19)21-22(26)29(25(33)27-23(21)31)13-16-7-3-2-4-8-16/h2-10,19H,11-15,26H2,1H3,(H,27,31,33)/t19-/m1/s1. The van der Waals surface area contributed by atoms with Gasteiger partial charge in [0.05, 0.1) is 13.2 Å². The molecule has 0 bridgehead atoms. The minimum atomic E-state index is -1.07. The molecular weight excluding hydrogens is 484 g/mol. The number of nitrogens with zero attached hydrogens (tertiary/aromatic N) is 2. The van der Waals surface area contributed by atoms with Gasteiger partial charge < -0.3 is 24.7 Å². The van der Waals surface area contributed by atoms with E-state index in [9.17, 15) is 19.2 Å². The first-order chi connectivity index (χ1) is 17.9. The maximum absolute atomic E-state index is 13.1. The minimum Gasteiger partial charge on any atom is -0.485 e. The van der Waals surface area contributed by atoms with Crippen LogP contribution in [0.5, 0.6) is 11.5 Å². The van der Waals surface area contributed by atoms with Crippen LogP contribution in [0.1, 0.15) is 5.56 Å². The summed E-state index contributed by atoms with van der Waals surface area (Å²) in [4.78, 5) is 54.2. The Morgan fingerprint density at radius 1 is 1.11 bits per heavy atom. The molecule has 37 heavy (non-hydrogen) atoms. The third-order valence-electron chi connectivity index (χ3n) is 5.60. The molecular formula is C25H26N4O8. The van der Waals surface area contributed by atoms with Gasteiger partial charge in [0.1, 0.15) is 12.4 Å². The molecule has 12 nitrogen and oxygen atoms in total. The molecule has 1 aliphatic rings. The number of carbonyl (C=O) groups excluding carboxylic acids is 2. The lowest BCUT2D eigenvalue weighted by Gasteiger charge is -2.26. The van der Waals surface area contributed by atoms with Crippen molar-refractivity contribution in [2.75, 3.05) is 44.1 Å². The van der Waals surface area contributed by atoms with E-state index in [0.717, 1.165) is 15.0 Å². The number of carbonyl (C=O) groups is 2. The van der Waals surface area contributed by atoms with Crippen molar-refractivity contribution in [2.45, 2.75) is 12.6 Å². The minimum absolute atomic E-state index is 0.0484. The van der Waals surface area contributed by atoms with Gasteiger partial charge in [0.25, 0.3) is 11.5 Å². The molecule has 3 N–H and O–H groups in total. The number of methoxy groups -OCH3 is 1. The SMILES string of the molecule is COCCN(C(=O)COC(=O)[C@H]1COc2ccccc2O1)c1c(N)n(Cc2ccccc2)c(=O)[nH]c1=O. The average Bonchev–Trinajstić information content (AvgIpc) is 2.91. The highest BCUT2D eigenvalue weighted by Gasteiger charge is 2.31. The van der Waals surface area contributed by atoms with Crippen molar-refractivity contribution in [3.63, 3.8) is 0 Å². The molecule has 0 fully saturated rings. The van der Waals surface area contributed by atoms with Crippen molar-refractivity contribution in [2.24, 2.45) is 0 Å². The number of hydrogen-bond acceptors (Lipinski definition) is 9. The Balaban J connectivity index is 1.53. The van der Waals surface area contributed by atoms with Crippen molar-refractivity contribution in [3.05, 3.63) is 81.0 Å². The Labute approximate surface area is 211 Å². The van der Waals surface area contributed by atoms with Gasteiger partial charge in [0, 0.05) is 13.7 Å². The summed E-state index contributed by atoms with van der Waals surface area (Å²) >= 11 is 0. The zero-order valence-corrected chi connectivity index (χ0v) is 20.0. The number of rotatable bonds is 9. The van der Waals surface area contributed by atoms with E-state index in [2.05, 4.69) is 4.98 Å². The lowest BCUT2D eigenvalue weighted by atomic mass is 10.2. The van der Waals surface area contributed by atoms with Crippen molar-refractivity contribution >= 4 is 23.4 Å². The number of fused-ring (bicyclic) bond motifs is 1. The molecule has 0 unspecified atom stereocenters. The topological polar surface area (TPSA) is 155 Å². The summed E-state index contributed by atoms with van der Waals surface area (Å²) in [6, 6.07) is 15.8. The highest BCUT2D eigenvalue weighted by atomic mass is 16.6. The molecule has 1 aromatic heterocycles. The molecule has 0 radical (unpaired) electrons. The predicted molar refractivity (Wildman–Crippen MR) is 133 cm³/mol. The molecule has 0 spiro atoms. The Bertz CT molecular complexity index is 1390. The summed E-state index contributed by atoms with van der Waals surface area (Å²) in [5.74, 6) is -0.901. The van der Waals surface area contributed by atoms with Crippen LogP contribution in [0.25, 0.3) is 0 Å². The number of aromatic amines is 1. The van der Waals surface area contributed by atoms with E-state index in [4.69, 9.17) is 24.7 Å². The molecule has 0 saturated heterocycles. The molecule has 4 rings (SSSR count). The maximum Gasteiger partial charge on any atom is 0.351 e. The van der Waals surface area contributed by atoms with Gasteiger partial charge in [-0.25, -0.2) is 9.59 Å². The van der Waals surface area contributed by atoms with E-state index in [1.165, 1.54) is 7.11 Å². The number of nitrogens with one attached hydrogen (secondary N) is 1. The summed E-state index contributed by atoms with van der Waals surface area (Å²) in [6.07, 6.45) is -1.07. The second-order valence-electron chi connectivity index (χ2n) is 8.07. The van der Waals surface area contributed by atoms with Crippen molar-refractivity contribution in [1.82, 2.24) is 9.55 Å². The Morgan fingerprint density at radius 2 is 1.81 bits per heavy atom. The van der Waals surface area contributed by atoms with E-state index in [-0.39, 0.29) is 37.8 Å². The van der Waals surface area contributed by atoms with Gasteiger partial charge in [0.15, 0.2) is 23.8 Å². The largest absolute Gasteiger partial charge is 0.485 e. The zero-order chi connectivity index (χ0) is 26.4. The number of aromatic nitrogens is 2. The van der Waals surface area contributed by atoms with E-state index < -0.39 is 35.8 Å². The van der Waals surface area contributed by atoms with Crippen molar-refractivity contribution in [3.8, 4) is 11.5 Å². The second kappa shape index (κ2) is 11.4. The first kappa shape index (κ1) is 25.5.